The summed E-state index contributed by atoms with van der Waals surface area (Å²) in [5.41, 5.74) is 2.91. The molecular weight excluding hydrogens is 198 g/mol. The maximum absolute atomic E-state index is 2.31. The molecule has 2 aromatic rings. The molecule has 13 heavy (non-hydrogen) atoms. The van der Waals surface area contributed by atoms with Crippen LogP contribution in [0.15, 0.2) is 17.5 Å². The number of aryl methyl sites for hydroxylation is 1. The quantitative estimate of drug-likeness (QED) is 0.678. The minimum atomic E-state index is 1.42. The third-order valence-corrected chi connectivity index (χ3v) is 4.66. The van der Waals surface area contributed by atoms with Crippen LogP contribution in [0.3, 0.4) is 0 Å². The molecule has 1 aliphatic heterocycles. The van der Waals surface area contributed by atoms with Gasteiger partial charge in [0.1, 0.15) is 9.75 Å². The number of fused-ring (bicyclic) bond motifs is 3. The second-order valence-electron chi connectivity index (χ2n) is 3.39. The van der Waals surface area contributed by atoms with Crippen molar-refractivity contribution < 1.29 is 4.90 Å². The van der Waals surface area contributed by atoms with Gasteiger partial charge in [0.05, 0.1) is 7.05 Å². The molecule has 3 heterocycles. The molecule has 1 unspecified atom stereocenters. The Morgan fingerprint density at radius 1 is 1.23 bits per heavy atom. The zero-order valence-electron chi connectivity index (χ0n) is 7.55. The van der Waals surface area contributed by atoms with Crippen LogP contribution in [0, 0.1) is 6.92 Å². The third-order valence-electron chi connectivity index (χ3n) is 2.53. The zero-order chi connectivity index (χ0) is 9.00. The summed E-state index contributed by atoms with van der Waals surface area (Å²) in [6.45, 7) is 2.18. The molecule has 0 fully saturated rings. The van der Waals surface area contributed by atoms with E-state index in [1.807, 2.05) is 22.7 Å². The summed E-state index contributed by atoms with van der Waals surface area (Å²) in [7, 11) is 2.23. The number of rotatable bonds is 0. The molecule has 1 aliphatic rings. The molecule has 0 amide bonds. The van der Waals surface area contributed by atoms with Crippen molar-refractivity contribution in [2.45, 2.75) is 6.92 Å². The van der Waals surface area contributed by atoms with Crippen molar-refractivity contribution in [2.75, 3.05) is 7.05 Å². The number of quaternary nitrogens is 1. The molecule has 0 aromatic carbocycles. The summed E-state index contributed by atoms with van der Waals surface area (Å²) >= 11 is 3.78. The third kappa shape index (κ3) is 0.894. The highest BCUT2D eigenvalue weighted by Gasteiger charge is 2.31. The second kappa shape index (κ2) is 2.44. The maximum Gasteiger partial charge on any atom is 0.156 e. The molecule has 0 bridgehead atoms. The number of thiophene rings is 2. The molecule has 0 aliphatic carbocycles. The number of hydrogen-bond donors (Lipinski definition) is 1. The Morgan fingerprint density at radius 3 is 2.92 bits per heavy atom. The van der Waals surface area contributed by atoms with E-state index in [1.165, 1.54) is 30.9 Å². The lowest BCUT2D eigenvalue weighted by Gasteiger charge is -2.02. The molecule has 0 spiro atoms. The Hall–Kier alpha value is -0.640. The molecule has 66 valence electrons. The molecule has 3 rings (SSSR count). The largest absolute Gasteiger partial charge is 0.270 e. The van der Waals surface area contributed by atoms with Crippen molar-refractivity contribution in [1.82, 2.24) is 0 Å². The first-order valence-electron chi connectivity index (χ1n) is 4.30. The van der Waals surface area contributed by atoms with Crippen LogP contribution in [0.4, 0.5) is 11.4 Å². The first kappa shape index (κ1) is 7.74. The predicted octanol–water partition coefficient (Wildman–Crippen LogP) is 2.58. The van der Waals surface area contributed by atoms with Crippen LogP contribution in [0.25, 0.3) is 9.75 Å². The minimum absolute atomic E-state index is 1.42. The fraction of sp³-hybridized carbons (Fsp3) is 0.200. The summed E-state index contributed by atoms with van der Waals surface area (Å²) < 4.78 is 0. The molecular formula is C10H10NS2+. The van der Waals surface area contributed by atoms with Crippen LogP contribution in [-0.2, 0) is 0 Å². The van der Waals surface area contributed by atoms with Crippen LogP contribution in [0.5, 0.6) is 0 Å². The Morgan fingerprint density at radius 2 is 2.08 bits per heavy atom. The normalized spacial score (nSPS) is 18.8. The van der Waals surface area contributed by atoms with Crippen LogP contribution in [0.2, 0.25) is 0 Å². The van der Waals surface area contributed by atoms with Gasteiger partial charge >= 0.3 is 0 Å². The molecule has 0 saturated heterocycles. The predicted molar refractivity (Wildman–Crippen MR) is 58.6 cm³/mol. The molecule has 1 atom stereocenters. The fourth-order valence-electron chi connectivity index (χ4n) is 1.89. The fourth-order valence-corrected chi connectivity index (χ4v) is 4.08. The lowest BCUT2D eigenvalue weighted by atomic mass is 10.4. The smallest absolute Gasteiger partial charge is 0.156 e. The van der Waals surface area contributed by atoms with Gasteiger partial charge in [0.25, 0.3) is 0 Å². The van der Waals surface area contributed by atoms with E-state index in [1.54, 1.807) is 0 Å². The standard InChI is InChI=1S/C10H9NS2/c1-6-5-8-10(13-6)9-7(11(8)2)3-4-12-9/h3-5H,1-2H3/p+1. The Kier molecular flexibility index (Phi) is 1.45. The van der Waals surface area contributed by atoms with E-state index < -0.39 is 0 Å². The molecule has 1 nitrogen and oxygen atoms in total. The Labute approximate surface area is 85.3 Å². The van der Waals surface area contributed by atoms with Crippen molar-refractivity contribution in [3.8, 4) is 9.75 Å². The van der Waals surface area contributed by atoms with E-state index in [-0.39, 0.29) is 0 Å². The highest BCUT2D eigenvalue weighted by Crippen LogP contribution is 2.45. The summed E-state index contributed by atoms with van der Waals surface area (Å²) in [5, 5.41) is 2.19. The van der Waals surface area contributed by atoms with Gasteiger partial charge in [-0.1, -0.05) is 0 Å². The van der Waals surface area contributed by atoms with E-state index in [9.17, 15) is 0 Å². The van der Waals surface area contributed by atoms with Crippen LogP contribution >= 0.6 is 22.7 Å². The topological polar surface area (TPSA) is 4.44 Å². The zero-order valence-corrected chi connectivity index (χ0v) is 9.18. The average Bonchev–Trinajstić information content (AvgIpc) is 2.70. The lowest BCUT2D eigenvalue weighted by molar-refractivity contribution is -0.730. The monoisotopic (exact) mass is 208 g/mol. The van der Waals surface area contributed by atoms with Gasteiger partial charge in [-0.2, -0.15) is 0 Å². The highest BCUT2D eigenvalue weighted by molar-refractivity contribution is 7.22. The van der Waals surface area contributed by atoms with E-state index in [0.29, 0.717) is 0 Å². The lowest BCUT2D eigenvalue weighted by Crippen LogP contribution is -2.97. The summed E-state index contributed by atoms with van der Waals surface area (Å²) in [5.74, 6) is 0. The molecule has 0 radical (unpaired) electrons. The first-order chi connectivity index (χ1) is 6.27. The molecule has 0 saturated carbocycles. The van der Waals surface area contributed by atoms with Gasteiger partial charge in [-0.25, -0.2) is 0 Å². The SMILES string of the molecule is Cc1cc2c(s1)-c1sccc1[NH+]2C. The highest BCUT2D eigenvalue weighted by atomic mass is 32.1. The first-order valence-corrected chi connectivity index (χ1v) is 5.99. The van der Waals surface area contributed by atoms with Gasteiger partial charge in [0, 0.05) is 17.0 Å². The summed E-state index contributed by atoms with van der Waals surface area (Å²) in [4.78, 5) is 5.84. The van der Waals surface area contributed by atoms with Crippen molar-refractivity contribution in [2.24, 2.45) is 0 Å². The molecule has 1 N–H and O–H groups in total. The van der Waals surface area contributed by atoms with Gasteiger partial charge in [-0.3, -0.25) is 4.90 Å². The molecule has 3 heteroatoms. The minimum Gasteiger partial charge on any atom is -0.270 e. The molecule has 2 aromatic heterocycles. The van der Waals surface area contributed by atoms with Crippen molar-refractivity contribution >= 4 is 34.0 Å². The van der Waals surface area contributed by atoms with E-state index in [2.05, 4.69) is 31.5 Å². The Balaban J connectivity index is 2.35. The van der Waals surface area contributed by atoms with Crippen LogP contribution in [-0.4, -0.2) is 7.05 Å². The van der Waals surface area contributed by atoms with Gasteiger partial charge < -0.3 is 0 Å². The van der Waals surface area contributed by atoms with Gasteiger partial charge in [0.2, 0.25) is 0 Å². The maximum atomic E-state index is 2.31. The van der Waals surface area contributed by atoms with E-state index in [0.717, 1.165) is 0 Å². The summed E-state index contributed by atoms with van der Waals surface area (Å²) in [6.07, 6.45) is 0. The van der Waals surface area contributed by atoms with Gasteiger partial charge in [0.15, 0.2) is 11.4 Å². The number of nitrogens with one attached hydrogen (secondary N) is 1. The van der Waals surface area contributed by atoms with Crippen molar-refractivity contribution in [3.63, 3.8) is 0 Å². The van der Waals surface area contributed by atoms with Crippen LogP contribution < -0.4 is 4.90 Å². The van der Waals surface area contributed by atoms with Crippen LogP contribution in [0.1, 0.15) is 4.88 Å². The van der Waals surface area contributed by atoms with Crippen molar-refractivity contribution in [3.05, 3.63) is 22.4 Å². The van der Waals surface area contributed by atoms with E-state index >= 15 is 0 Å². The second-order valence-corrected chi connectivity index (χ2v) is 5.56. The van der Waals surface area contributed by atoms with E-state index in [4.69, 9.17) is 0 Å². The average molecular weight is 208 g/mol. The van der Waals surface area contributed by atoms with Crippen molar-refractivity contribution in [1.29, 1.82) is 0 Å². The van der Waals surface area contributed by atoms with Gasteiger partial charge in [-0.05, 0) is 12.3 Å². The number of hydrogen-bond acceptors (Lipinski definition) is 2. The summed E-state index contributed by atoms with van der Waals surface area (Å²) in [6, 6.07) is 4.54. The Bertz CT molecular complexity index is 467. The van der Waals surface area contributed by atoms with Gasteiger partial charge in [-0.15, -0.1) is 22.7 Å².